The normalized spacial score (nSPS) is 10.9. The van der Waals surface area contributed by atoms with Gasteiger partial charge in [0.1, 0.15) is 6.54 Å². The summed E-state index contributed by atoms with van der Waals surface area (Å²) < 4.78 is 0. The van der Waals surface area contributed by atoms with Crippen LogP contribution in [0.15, 0.2) is 41.5 Å². The number of guanidine groups is 1. The smallest absolute Gasteiger partial charge is 0.241 e. The van der Waals surface area contributed by atoms with Crippen LogP contribution in [0.2, 0.25) is 0 Å². The molecule has 8 heteroatoms. The minimum atomic E-state index is -0.0735. The van der Waals surface area contributed by atoms with E-state index >= 15 is 0 Å². The molecule has 1 amide bonds. The van der Waals surface area contributed by atoms with Crippen LogP contribution in [0.3, 0.4) is 0 Å². The summed E-state index contributed by atoms with van der Waals surface area (Å²) in [5.41, 5.74) is 1.21. The van der Waals surface area contributed by atoms with E-state index < -0.39 is 0 Å². The molecule has 2 aromatic rings. The number of nitrogens with zero attached hydrogens (tertiary/aromatic N) is 2. The molecule has 154 valence electrons. The molecule has 0 unspecified atom stereocenters. The molecule has 0 aliphatic heterocycles. The highest BCUT2D eigenvalue weighted by Gasteiger charge is 2.04. The monoisotopic (exact) mass is 515 g/mol. The third kappa shape index (κ3) is 9.50. The number of hydrogen-bond acceptors (Lipinski definition) is 4. The summed E-state index contributed by atoms with van der Waals surface area (Å²) in [5, 5.41) is 10.5. The number of thiazole rings is 1. The zero-order chi connectivity index (χ0) is 19.3. The molecule has 0 aliphatic rings. The maximum Gasteiger partial charge on any atom is 0.241 e. The Morgan fingerprint density at radius 2 is 1.82 bits per heavy atom. The molecule has 0 bridgehead atoms. The van der Waals surface area contributed by atoms with E-state index in [0.29, 0.717) is 12.5 Å². The van der Waals surface area contributed by atoms with E-state index in [0.717, 1.165) is 37.4 Å². The fraction of sp³-hybridized carbons (Fsp3) is 0.450. The molecule has 0 fully saturated rings. The van der Waals surface area contributed by atoms with Gasteiger partial charge in [-0.2, -0.15) is 0 Å². The number of nitrogens with one attached hydrogen (secondary N) is 3. The van der Waals surface area contributed by atoms with Crippen molar-refractivity contribution in [2.75, 3.05) is 26.2 Å². The number of carbonyl (C=O) groups is 1. The first kappa shape index (κ1) is 24.4. The van der Waals surface area contributed by atoms with E-state index in [1.54, 1.807) is 11.3 Å². The van der Waals surface area contributed by atoms with Crippen molar-refractivity contribution in [2.24, 2.45) is 4.99 Å². The number of carbonyl (C=O) groups excluding carboxylic acids is 1. The fourth-order valence-corrected chi connectivity index (χ4v) is 3.32. The number of aromatic nitrogens is 1. The molecule has 2 rings (SSSR count). The van der Waals surface area contributed by atoms with Crippen molar-refractivity contribution in [3.8, 4) is 0 Å². The van der Waals surface area contributed by atoms with Gasteiger partial charge in [-0.1, -0.05) is 37.3 Å². The zero-order valence-corrected chi connectivity index (χ0v) is 19.7. The maximum absolute atomic E-state index is 12.0. The molecule has 3 N–H and O–H groups in total. The minimum Gasteiger partial charge on any atom is -0.357 e. The average molecular weight is 515 g/mol. The van der Waals surface area contributed by atoms with E-state index in [2.05, 4.69) is 45.0 Å². The van der Waals surface area contributed by atoms with Crippen molar-refractivity contribution >= 4 is 47.2 Å². The lowest BCUT2D eigenvalue weighted by molar-refractivity contribution is -0.119. The average Bonchev–Trinajstić information content (AvgIpc) is 3.15. The van der Waals surface area contributed by atoms with Crippen LogP contribution in [0.25, 0.3) is 0 Å². The molecule has 0 atom stereocenters. The number of amides is 1. The second-order valence-electron chi connectivity index (χ2n) is 6.03. The topological polar surface area (TPSA) is 78.4 Å². The van der Waals surface area contributed by atoms with Crippen molar-refractivity contribution < 1.29 is 4.79 Å². The van der Waals surface area contributed by atoms with Gasteiger partial charge in [0.15, 0.2) is 5.96 Å². The third-order valence-electron chi connectivity index (χ3n) is 3.88. The predicted molar refractivity (Wildman–Crippen MR) is 128 cm³/mol. The Kier molecular flexibility index (Phi) is 12.5. The lowest BCUT2D eigenvalue weighted by Crippen LogP contribution is -2.39. The van der Waals surface area contributed by atoms with Gasteiger partial charge in [0.2, 0.25) is 5.91 Å². The standard InChI is InChI=1S/C20H29N5OS.HI/c1-3-17-14-24-19(27-17)11-13-23-20(21-4-2)25-15-18(26)22-12-10-16-8-6-5-7-9-16;/h5-9,14H,3-4,10-13,15H2,1-2H3,(H,22,26)(H2,21,23,25);1H. The van der Waals surface area contributed by atoms with Gasteiger partial charge in [-0.15, -0.1) is 35.3 Å². The highest BCUT2D eigenvalue weighted by atomic mass is 127. The van der Waals surface area contributed by atoms with Crippen molar-refractivity contribution in [1.82, 2.24) is 20.9 Å². The van der Waals surface area contributed by atoms with Crippen LogP contribution >= 0.6 is 35.3 Å². The van der Waals surface area contributed by atoms with Crippen LogP contribution in [0, 0.1) is 0 Å². The molecule has 6 nitrogen and oxygen atoms in total. The zero-order valence-electron chi connectivity index (χ0n) is 16.5. The first-order chi connectivity index (χ1) is 13.2. The highest BCUT2D eigenvalue weighted by molar-refractivity contribution is 14.0. The molecular weight excluding hydrogens is 485 g/mol. The van der Waals surface area contributed by atoms with Crippen LogP contribution in [0.5, 0.6) is 0 Å². The molecule has 1 aromatic carbocycles. The molecule has 0 radical (unpaired) electrons. The molecule has 0 saturated carbocycles. The Balaban J connectivity index is 0.00000392. The third-order valence-corrected chi connectivity index (χ3v) is 5.09. The maximum atomic E-state index is 12.0. The fourth-order valence-electron chi connectivity index (χ4n) is 2.45. The lowest BCUT2D eigenvalue weighted by atomic mass is 10.1. The largest absolute Gasteiger partial charge is 0.357 e. The first-order valence-corrected chi connectivity index (χ1v) is 10.3. The molecule has 1 aromatic heterocycles. The van der Waals surface area contributed by atoms with Crippen LogP contribution in [0.1, 0.15) is 29.3 Å². The number of hydrogen-bond donors (Lipinski definition) is 3. The van der Waals surface area contributed by atoms with Crippen molar-refractivity contribution in [3.63, 3.8) is 0 Å². The Morgan fingerprint density at radius 3 is 2.50 bits per heavy atom. The van der Waals surface area contributed by atoms with E-state index in [9.17, 15) is 4.79 Å². The van der Waals surface area contributed by atoms with Gasteiger partial charge in [-0.25, -0.2) is 9.98 Å². The summed E-state index contributed by atoms with van der Waals surface area (Å²) in [6.45, 7) is 6.35. The number of rotatable bonds is 10. The number of aryl methyl sites for hydroxylation is 1. The highest BCUT2D eigenvalue weighted by Crippen LogP contribution is 2.13. The van der Waals surface area contributed by atoms with Crippen LogP contribution in [-0.4, -0.2) is 43.0 Å². The summed E-state index contributed by atoms with van der Waals surface area (Å²) in [7, 11) is 0. The predicted octanol–water partition coefficient (Wildman–Crippen LogP) is 2.78. The summed E-state index contributed by atoms with van der Waals surface area (Å²) in [6.07, 6.45) is 4.63. The molecule has 28 heavy (non-hydrogen) atoms. The molecule has 0 aliphatic carbocycles. The van der Waals surface area contributed by atoms with E-state index in [4.69, 9.17) is 0 Å². The quantitative estimate of drug-likeness (QED) is 0.259. The van der Waals surface area contributed by atoms with Crippen LogP contribution in [-0.2, 0) is 24.1 Å². The van der Waals surface area contributed by atoms with Crippen molar-refractivity contribution in [2.45, 2.75) is 33.1 Å². The number of halogens is 1. The van der Waals surface area contributed by atoms with E-state index in [1.165, 1.54) is 10.4 Å². The van der Waals surface area contributed by atoms with E-state index in [1.807, 2.05) is 31.3 Å². The van der Waals surface area contributed by atoms with Gasteiger partial charge in [0.05, 0.1) is 5.01 Å². The van der Waals surface area contributed by atoms with Crippen LogP contribution < -0.4 is 16.0 Å². The van der Waals surface area contributed by atoms with Crippen molar-refractivity contribution in [3.05, 3.63) is 52.0 Å². The summed E-state index contributed by atoms with van der Waals surface area (Å²) in [4.78, 5) is 22.1. The first-order valence-electron chi connectivity index (χ1n) is 9.47. The van der Waals surface area contributed by atoms with E-state index in [-0.39, 0.29) is 36.4 Å². The van der Waals surface area contributed by atoms with Crippen molar-refractivity contribution in [1.29, 1.82) is 0 Å². The van der Waals surface area contributed by atoms with Crippen LogP contribution in [0.4, 0.5) is 0 Å². The Hall–Kier alpha value is -1.68. The Morgan fingerprint density at radius 1 is 1.07 bits per heavy atom. The summed E-state index contributed by atoms with van der Waals surface area (Å²) in [5.74, 6) is 0.582. The lowest BCUT2D eigenvalue weighted by Gasteiger charge is -2.10. The van der Waals surface area contributed by atoms with Gasteiger partial charge >= 0.3 is 0 Å². The Bertz CT molecular complexity index is 720. The molecular formula is C20H30IN5OS. The molecule has 0 spiro atoms. The minimum absolute atomic E-state index is 0. The number of aliphatic imine (C=N–C) groups is 1. The van der Waals surface area contributed by atoms with Gasteiger partial charge in [0.25, 0.3) is 0 Å². The molecule has 0 saturated heterocycles. The summed E-state index contributed by atoms with van der Waals surface area (Å²) in [6, 6.07) is 10.1. The number of benzene rings is 1. The van der Waals surface area contributed by atoms with Gasteiger partial charge < -0.3 is 16.0 Å². The van der Waals surface area contributed by atoms with Gasteiger partial charge in [-0.3, -0.25) is 4.79 Å². The summed E-state index contributed by atoms with van der Waals surface area (Å²) >= 11 is 1.75. The van der Waals surface area contributed by atoms with Gasteiger partial charge in [0, 0.05) is 37.1 Å². The SMILES string of the molecule is CCNC(=NCC(=O)NCCc1ccccc1)NCCc1ncc(CC)s1.I. The molecule has 1 heterocycles. The van der Waals surface area contributed by atoms with Gasteiger partial charge in [-0.05, 0) is 25.3 Å². The Labute approximate surface area is 188 Å². The second kappa shape index (κ2) is 14.3. The second-order valence-corrected chi connectivity index (χ2v) is 7.23.